The van der Waals surface area contributed by atoms with Gasteiger partial charge >= 0.3 is 0 Å². The highest BCUT2D eigenvalue weighted by molar-refractivity contribution is 7.80. The first-order chi connectivity index (χ1) is 11.2. The normalized spacial score (nSPS) is 16.7. The molecule has 1 aliphatic heterocycles. The molecule has 0 saturated carbocycles. The van der Waals surface area contributed by atoms with E-state index in [9.17, 15) is 0 Å². The molecule has 122 valence electrons. The first kappa shape index (κ1) is 15.7. The molecule has 0 unspecified atom stereocenters. The van der Waals surface area contributed by atoms with E-state index in [0.717, 1.165) is 35.3 Å². The number of nitrogens with zero attached hydrogens (tertiary/aromatic N) is 2. The van der Waals surface area contributed by atoms with Gasteiger partial charge in [0.15, 0.2) is 16.6 Å². The molecule has 2 heterocycles. The summed E-state index contributed by atoms with van der Waals surface area (Å²) < 4.78 is 13.1. The molecule has 0 radical (unpaired) electrons. The van der Waals surface area contributed by atoms with Gasteiger partial charge in [-0.25, -0.2) is 0 Å². The Morgan fingerprint density at radius 3 is 2.65 bits per heavy atom. The highest BCUT2D eigenvalue weighted by Crippen LogP contribution is 2.37. The summed E-state index contributed by atoms with van der Waals surface area (Å²) in [4.78, 5) is 2.21. The largest absolute Gasteiger partial charge is 0.493 e. The van der Waals surface area contributed by atoms with Crippen LogP contribution in [0.15, 0.2) is 36.5 Å². The number of methoxy groups -OCH3 is 2. The Morgan fingerprint density at radius 1 is 1.17 bits per heavy atom. The minimum atomic E-state index is 0.0542. The van der Waals surface area contributed by atoms with Gasteiger partial charge in [-0.05, 0) is 42.0 Å². The van der Waals surface area contributed by atoms with E-state index in [4.69, 9.17) is 21.7 Å². The molecular weight excluding hydrogens is 310 g/mol. The summed E-state index contributed by atoms with van der Waals surface area (Å²) in [6, 6.07) is 10.3. The van der Waals surface area contributed by atoms with E-state index in [2.05, 4.69) is 39.2 Å². The molecule has 5 nitrogen and oxygen atoms in total. The van der Waals surface area contributed by atoms with Gasteiger partial charge in [0.2, 0.25) is 0 Å². The number of hydrogen-bond donors (Lipinski definition) is 1. The topological polar surface area (TPSA) is 38.7 Å². The Bertz CT molecular complexity index is 714. The van der Waals surface area contributed by atoms with Gasteiger partial charge in [0.25, 0.3) is 0 Å². The molecular formula is C17H21N3O2S. The first-order valence-corrected chi connectivity index (χ1v) is 7.95. The second-order valence-corrected chi connectivity index (χ2v) is 5.78. The first-order valence-electron chi connectivity index (χ1n) is 7.55. The molecule has 3 rings (SSSR count). The van der Waals surface area contributed by atoms with Crippen molar-refractivity contribution < 1.29 is 9.47 Å². The lowest BCUT2D eigenvalue weighted by atomic mass is 9.99. The lowest BCUT2D eigenvalue weighted by Crippen LogP contribution is -2.46. The molecule has 1 aromatic carbocycles. The van der Waals surface area contributed by atoms with Crippen LogP contribution in [0.25, 0.3) is 0 Å². The minimum Gasteiger partial charge on any atom is -0.493 e. The van der Waals surface area contributed by atoms with Gasteiger partial charge in [-0.3, -0.25) is 0 Å². The maximum atomic E-state index is 5.51. The SMILES string of the molecule is CNC(=S)N1CCn2cccc2[C@@H]1c1ccc(OC)c(OC)c1. The molecule has 1 N–H and O–H groups in total. The molecule has 6 heteroatoms. The van der Waals surface area contributed by atoms with E-state index in [1.54, 1.807) is 14.2 Å². The fourth-order valence-corrected chi connectivity index (χ4v) is 3.32. The van der Waals surface area contributed by atoms with Gasteiger partial charge in [0.1, 0.15) is 0 Å². The van der Waals surface area contributed by atoms with Crippen molar-refractivity contribution in [1.82, 2.24) is 14.8 Å². The van der Waals surface area contributed by atoms with Crippen LogP contribution in [0, 0.1) is 0 Å². The molecule has 0 bridgehead atoms. The zero-order chi connectivity index (χ0) is 16.4. The Labute approximate surface area is 141 Å². The smallest absolute Gasteiger partial charge is 0.169 e. The summed E-state index contributed by atoms with van der Waals surface area (Å²) in [5.74, 6) is 1.45. The standard InChI is InChI=1S/C17H21N3O2S/c1-18-17(23)20-10-9-19-8-4-5-13(19)16(20)12-6-7-14(21-2)15(11-12)22-3/h4-8,11,16H,9-10H2,1-3H3,(H,18,23)/t16-/m0/s1. The number of nitrogens with one attached hydrogen (secondary N) is 1. The van der Waals surface area contributed by atoms with Crippen molar-refractivity contribution in [1.29, 1.82) is 0 Å². The summed E-state index contributed by atoms with van der Waals surface area (Å²) in [6.07, 6.45) is 2.11. The molecule has 0 aliphatic carbocycles. The van der Waals surface area contributed by atoms with Gasteiger partial charge in [-0.15, -0.1) is 0 Å². The van der Waals surface area contributed by atoms with Gasteiger partial charge in [0.05, 0.1) is 20.3 Å². The lowest BCUT2D eigenvalue weighted by Gasteiger charge is -2.38. The fourth-order valence-electron chi connectivity index (χ4n) is 3.12. The molecule has 1 aliphatic rings. The highest BCUT2D eigenvalue weighted by atomic mass is 32.1. The third-order valence-corrected chi connectivity index (χ3v) is 4.67. The molecule has 2 aromatic rings. The quantitative estimate of drug-likeness (QED) is 0.875. The minimum absolute atomic E-state index is 0.0542. The molecule has 0 saturated heterocycles. The summed E-state index contributed by atoms with van der Waals surface area (Å²) in [5, 5.41) is 3.85. The van der Waals surface area contributed by atoms with Gasteiger partial charge in [0, 0.05) is 32.0 Å². The van der Waals surface area contributed by atoms with E-state index in [-0.39, 0.29) is 6.04 Å². The molecule has 0 spiro atoms. The average molecular weight is 331 g/mol. The number of thiocarbonyl (C=S) groups is 1. The predicted molar refractivity (Wildman–Crippen MR) is 94.2 cm³/mol. The van der Waals surface area contributed by atoms with Gasteiger partial charge in [-0.1, -0.05) is 6.07 Å². The molecule has 1 aromatic heterocycles. The van der Waals surface area contributed by atoms with Crippen LogP contribution in [0.1, 0.15) is 17.3 Å². The van der Waals surface area contributed by atoms with E-state index in [0.29, 0.717) is 0 Å². The fraction of sp³-hybridized carbons (Fsp3) is 0.353. The molecule has 0 amide bonds. The maximum Gasteiger partial charge on any atom is 0.169 e. The van der Waals surface area contributed by atoms with Crippen LogP contribution in [0.3, 0.4) is 0 Å². The van der Waals surface area contributed by atoms with Crippen molar-refractivity contribution in [3.05, 3.63) is 47.8 Å². The summed E-state index contributed by atoms with van der Waals surface area (Å²) in [7, 11) is 5.16. The Balaban J connectivity index is 2.08. The van der Waals surface area contributed by atoms with E-state index < -0.39 is 0 Å². The summed E-state index contributed by atoms with van der Waals surface area (Å²) in [5.41, 5.74) is 2.35. The van der Waals surface area contributed by atoms with Crippen LogP contribution < -0.4 is 14.8 Å². The maximum absolute atomic E-state index is 5.51. The predicted octanol–water partition coefficient (Wildman–Crippen LogP) is 2.41. The Kier molecular flexibility index (Phi) is 4.43. The van der Waals surface area contributed by atoms with Gasteiger partial charge < -0.3 is 24.3 Å². The van der Waals surface area contributed by atoms with E-state index >= 15 is 0 Å². The molecule has 0 fully saturated rings. The van der Waals surface area contributed by atoms with Crippen molar-refractivity contribution in [2.75, 3.05) is 27.8 Å². The Hall–Kier alpha value is -2.21. The van der Waals surface area contributed by atoms with Crippen LogP contribution in [0.5, 0.6) is 11.5 Å². The van der Waals surface area contributed by atoms with E-state index in [1.165, 1.54) is 5.69 Å². The van der Waals surface area contributed by atoms with E-state index in [1.807, 2.05) is 19.2 Å². The van der Waals surface area contributed by atoms with Crippen LogP contribution in [-0.4, -0.2) is 42.4 Å². The average Bonchev–Trinajstić information content (AvgIpc) is 3.08. The monoisotopic (exact) mass is 331 g/mol. The number of rotatable bonds is 3. The summed E-state index contributed by atoms with van der Waals surface area (Å²) >= 11 is 5.51. The number of hydrogen-bond acceptors (Lipinski definition) is 3. The van der Waals surface area contributed by atoms with Crippen LogP contribution >= 0.6 is 12.2 Å². The Morgan fingerprint density at radius 2 is 1.96 bits per heavy atom. The number of benzene rings is 1. The van der Waals surface area contributed by atoms with Crippen LogP contribution in [0.4, 0.5) is 0 Å². The van der Waals surface area contributed by atoms with Crippen molar-refractivity contribution in [3.63, 3.8) is 0 Å². The molecule has 1 atom stereocenters. The van der Waals surface area contributed by atoms with Crippen molar-refractivity contribution in [3.8, 4) is 11.5 Å². The third-order valence-electron chi connectivity index (χ3n) is 4.24. The van der Waals surface area contributed by atoms with Gasteiger partial charge in [-0.2, -0.15) is 0 Å². The van der Waals surface area contributed by atoms with Crippen molar-refractivity contribution in [2.45, 2.75) is 12.6 Å². The zero-order valence-corrected chi connectivity index (χ0v) is 14.4. The number of fused-ring (bicyclic) bond motifs is 1. The lowest BCUT2D eigenvalue weighted by molar-refractivity contribution is 0.286. The van der Waals surface area contributed by atoms with Crippen LogP contribution in [-0.2, 0) is 6.54 Å². The van der Waals surface area contributed by atoms with Crippen LogP contribution in [0.2, 0.25) is 0 Å². The third kappa shape index (κ3) is 2.74. The zero-order valence-electron chi connectivity index (χ0n) is 13.6. The van der Waals surface area contributed by atoms with Crippen molar-refractivity contribution in [2.24, 2.45) is 0 Å². The highest BCUT2D eigenvalue weighted by Gasteiger charge is 2.30. The second-order valence-electron chi connectivity index (χ2n) is 5.39. The number of aromatic nitrogens is 1. The number of ether oxygens (including phenoxy) is 2. The molecule has 23 heavy (non-hydrogen) atoms. The van der Waals surface area contributed by atoms with Crippen molar-refractivity contribution >= 4 is 17.3 Å². The summed E-state index contributed by atoms with van der Waals surface area (Å²) in [6.45, 7) is 1.79. The second kappa shape index (κ2) is 6.50.